The number of carbonyl (C=O) groups excluding carboxylic acids is 1. The van der Waals surface area contributed by atoms with E-state index in [1.807, 2.05) is 0 Å². The molecule has 6 nitrogen and oxygen atoms in total. The number of imidazole rings is 1. The number of nitrogens with one attached hydrogen (secondary N) is 2. The van der Waals surface area contributed by atoms with Gasteiger partial charge in [-0.1, -0.05) is 6.07 Å². The minimum absolute atomic E-state index is 0.168. The first-order valence-corrected chi connectivity index (χ1v) is 5.35. The van der Waals surface area contributed by atoms with Gasteiger partial charge in [0, 0.05) is 12.4 Å². The van der Waals surface area contributed by atoms with Crippen LogP contribution < -0.4 is 10.1 Å². The van der Waals surface area contributed by atoms with Crippen LogP contribution in [0, 0.1) is 0 Å². The van der Waals surface area contributed by atoms with Crippen LogP contribution in [0.15, 0.2) is 30.6 Å². The van der Waals surface area contributed by atoms with Crippen molar-refractivity contribution in [3.05, 3.63) is 42.0 Å². The lowest BCUT2D eigenvalue weighted by molar-refractivity contribution is 0.0946. The number of amides is 1. The van der Waals surface area contributed by atoms with E-state index >= 15 is 0 Å². The number of aromatic hydroxyl groups is 1. The average molecular weight is 247 g/mol. The molecule has 2 rings (SSSR count). The molecule has 0 aliphatic rings. The number of carbonyl (C=O) groups is 1. The van der Waals surface area contributed by atoms with Gasteiger partial charge in [-0.05, 0) is 12.1 Å². The number of ether oxygens (including phenoxy) is 1. The molecule has 94 valence electrons. The van der Waals surface area contributed by atoms with Gasteiger partial charge in [0.1, 0.15) is 5.82 Å². The van der Waals surface area contributed by atoms with Crippen LogP contribution >= 0.6 is 0 Å². The molecule has 0 unspecified atom stereocenters. The van der Waals surface area contributed by atoms with Gasteiger partial charge in [-0.25, -0.2) is 4.98 Å². The van der Waals surface area contributed by atoms with E-state index in [4.69, 9.17) is 4.74 Å². The number of rotatable bonds is 4. The lowest BCUT2D eigenvalue weighted by atomic mass is 10.1. The summed E-state index contributed by atoms with van der Waals surface area (Å²) in [5.41, 5.74) is 0.168. The van der Waals surface area contributed by atoms with Crippen molar-refractivity contribution in [1.29, 1.82) is 0 Å². The van der Waals surface area contributed by atoms with Gasteiger partial charge in [0.05, 0.1) is 19.2 Å². The first-order valence-electron chi connectivity index (χ1n) is 5.35. The van der Waals surface area contributed by atoms with Crippen molar-refractivity contribution < 1.29 is 14.6 Å². The van der Waals surface area contributed by atoms with E-state index in [-0.39, 0.29) is 29.5 Å². The van der Waals surface area contributed by atoms with Crippen LogP contribution in [0.3, 0.4) is 0 Å². The predicted octanol–water partition coefficient (Wildman–Crippen LogP) is 1.05. The molecule has 2 aromatic rings. The molecule has 0 atom stereocenters. The lowest BCUT2D eigenvalue weighted by Gasteiger charge is -2.08. The zero-order chi connectivity index (χ0) is 13.0. The van der Waals surface area contributed by atoms with Crippen LogP contribution in [0.4, 0.5) is 0 Å². The summed E-state index contributed by atoms with van der Waals surface area (Å²) < 4.78 is 4.94. The third-order valence-electron chi connectivity index (χ3n) is 2.43. The summed E-state index contributed by atoms with van der Waals surface area (Å²) in [5.74, 6) is 0.353. The number of methoxy groups -OCH3 is 1. The predicted molar refractivity (Wildman–Crippen MR) is 64.4 cm³/mol. The number of hydrogen-bond acceptors (Lipinski definition) is 4. The van der Waals surface area contributed by atoms with E-state index < -0.39 is 0 Å². The maximum Gasteiger partial charge on any atom is 0.255 e. The highest BCUT2D eigenvalue weighted by molar-refractivity contribution is 5.97. The van der Waals surface area contributed by atoms with Gasteiger partial charge in [0.15, 0.2) is 11.5 Å². The summed E-state index contributed by atoms with van der Waals surface area (Å²) in [6, 6.07) is 4.74. The van der Waals surface area contributed by atoms with E-state index in [1.165, 1.54) is 13.2 Å². The second-order valence-corrected chi connectivity index (χ2v) is 3.57. The molecule has 18 heavy (non-hydrogen) atoms. The summed E-state index contributed by atoms with van der Waals surface area (Å²) in [7, 11) is 1.43. The van der Waals surface area contributed by atoms with E-state index in [0.717, 1.165) is 0 Å². The number of phenols is 1. The molecular weight excluding hydrogens is 234 g/mol. The molecule has 0 radical (unpaired) electrons. The van der Waals surface area contributed by atoms with Crippen molar-refractivity contribution in [2.24, 2.45) is 0 Å². The molecule has 1 heterocycles. The minimum Gasteiger partial charge on any atom is -0.504 e. The number of H-pyrrole nitrogens is 1. The van der Waals surface area contributed by atoms with Crippen LogP contribution in [0.5, 0.6) is 11.5 Å². The molecule has 0 saturated carbocycles. The highest BCUT2D eigenvalue weighted by atomic mass is 16.5. The molecule has 0 aliphatic carbocycles. The molecule has 1 aromatic heterocycles. The Bertz CT molecular complexity index is 538. The smallest absolute Gasteiger partial charge is 0.255 e. The van der Waals surface area contributed by atoms with Crippen molar-refractivity contribution >= 4 is 5.91 Å². The number of nitrogens with zero attached hydrogens (tertiary/aromatic N) is 1. The fraction of sp³-hybridized carbons (Fsp3) is 0.167. The number of hydrogen-bond donors (Lipinski definition) is 3. The average Bonchev–Trinajstić information content (AvgIpc) is 2.89. The number of aromatic nitrogens is 2. The van der Waals surface area contributed by atoms with Crippen molar-refractivity contribution in [2.45, 2.75) is 6.54 Å². The van der Waals surface area contributed by atoms with Crippen LogP contribution in [0.25, 0.3) is 0 Å². The lowest BCUT2D eigenvalue weighted by Crippen LogP contribution is -2.23. The third kappa shape index (κ3) is 2.42. The van der Waals surface area contributed by atoms with Gasteiger partial charge in [0.2, 0.25) is 0 Å². The van der Waals surface area contributed by atoms with Gasteiger partial charge >= 0.3 is 0 Å². The third-order valence-corrected chi connectivity index (χ3v) is 2.43. The zero-order valence-corrected chi connectivity index (χ0v) is 9.80. The molecule has 3 N–H and O–H groups in total. The largest absolute Gasteiger partial charge is 0.504 e. The Balaban J connectivity index is 2.09. The van der Waals surface area contributed by atoms with Crippen molar-refractivity contribution in [1.82, 2.24) is 15.3 Å². The van der Waals surface area contributed by atoms with Gasteiger partial charge in [-0.15, -0.1) is 0 Å². The highest BCUT2D eigenvalue weighted by Gasteiger charge is 2.14. The Morgan fingerprint density at radius 3 is 3.06 bits per heavy atom. The van der Waals surface area contributed by atoms with E-state index in [2.05, 4.69) is 15.3 Å². The van der Waals surface area contributed by atoms with Crippen LogP contribution in [0.2, 0.25) is 0 Å². The quantitative estimate of drug-likeness (QED) is 0.753. The zero-order valence-electron chi connectivity index (χ0n) is 9.80. The second kappa shape index (κ2) is 5.22. The highest BCUT2D eigenvalue weighted by Crippen LogP contribution is 2.29. The maximum atomic E-state index is 11.9. The number of phenolic OH excluding ortho intramolecular Hbond substituents is 1. The fourth-order valence-electron chi connectivity index (χ4n) is 1.52. The Hall–Kier alpha value is -2.50. The van der Waals surface area contributed by atoms with Gasteiger partial charge in [-0.3, -0.25) is 4.79 Å². The van der Waals surface area contributed by atoms with E-state index in [9.17, 15) is 9.90 Å². The Morgan fingerprint density at radius 2 is 2.39 bits per heavy atom. The first kappa shape index (κ1) is 12.0. The summed E-state index contributed by atoms with van der Waals surface area (Å²) in [6.07, 6.45) is 3.27. The van der Waals surface area contributed by atoms with Crippen molar-refractivity contribution in [3.8, 4) is 11.5 Å². The SMILES string of the molecule is COc1cccc(C(=O)NCc2ncc[nH]2)c1O. The number of aromatic amines is 1. The molecule has 0 aliphatic heterocycles. The molecule has 0 bridgehead atoms. The van der Waals surface area contributed by atoms with E-state index in [0.29, 0.717) is 5.82 Å². The number of benzene rings is 1. The molecule has 0 saturated heterocycles. The Morgan fingerprint density at radius 1 is 1.56 bits per heavy atom. The first-order chi connectivity index (χ1) is 8.72. The van der Waals surface area contributed by atoms with Crippen LogP contribution in [-0.2, 0) is 6.54 Å². The summed E-state index contributed by atoms with van der Waals surface area (Å²) in [6.45, 7) is 0.266. The van der Waals surface area contributed by atoms with E-state index in [1.54, 1.807) is 24.5 Å². The summed E-state index contributed by atoms with van der Waals surface area (Å²) in [4.78, 5) is 18.7. The molecule has 0 fully saturated rings. The maximum absolute atomic E-state index is 11.9. The minimum atomic E-state index is -0.386. The number of para-hydroxylation sites is 1. The summed E-state index contributed by atoms with van der Waals surface area (Å²) in [5, 5.41) is 12.5. The van der Waals surface area contributed by atoms with Gasteiger partial charge in [0.25, 0.3) is 5.91 Å². The standard InChI is InChI=1S/C12H13N3O3/c1-18-9-4-2-3-8(11(9)16)12(17)15-7-10-13-5-6-14-10/h2-6,16H,7H2,1H3,(H,13,14)(H,15,17). The van der Waals surface area contributed by atoms with Crippen LogP contribution in [-0.4, -0.2) is 28.1 Å². The van der Waals surface area contributed by atoms with Gasteiger partial charge < -0.3 is 20.1 Å². The normalized spacial score (nSPS) is 10.1. The topological polar surface area (TPSA) is 87.2 Å². The van der Waals surface area contributed by atoms with Crippen LogP contribution in [0.1, 0.15) is 16.2 Å². The monoisotopic (exact) mass is 247 g/mol. The second-order valence-electron chi connectivity index (χ2n) is 3.57. The Kier molecular flexibility index (Phi) is 3.47. The molecule has 6 heteroatoms. The Labute approximate surface area is 104 Å². The molecule has 0 spiro atoms. The van der Waals surface area contributed by atoms with Crippen molar-refractivity contribution in [2.75, 3.05) is 7.11 Å². The molecule has 1 aromatic carbocycles. The molecular formula is C12H13N3O3. The molecule has 1 amide bonds. The fourth-order valence-corrected chi connectivity index (χ4v) is 1.52. The van der Waals surface area contributed by atoms with Crippen molar-refractivity contribution in [3.63, 3.8) is 0 Å². The summed E-state index contributed by atoms with van der Waals surface area (Å²) >= 11 is 0. The van der Waals surface area contributed by atoms with Gasteiger partial charge in [-0.2, -0.15) is 0 Å².